The minimum absolute atomic E-state index is 0.117. The first-order chi connectivity index (χ1) is 7.38. The Morgan fingerprint density at radius 1 is 1.38 bits per heavy atom. The van der Waals surface area contributed by atoms with Gasteiger partial charge in [0, 0.05) is 0 Å². The molecule has 0 aliphatic rings. The molecule has 88 valence electrons. The lowest BCUT2D eigenvalue weighted by Crippen LogP contribution is -2.21. The molecule has 0 bridgehead atoms. The van der Waals surface area contributed by atoms with Crippen molar-refractivity contribution < 1.29 is 9.90 Å². The van der Waals surface area contributed by atoms with E-state index >= 15 is 0 Å². The highest BCUT2D eigenvalue weighted by atomic mass is 16.4. The van der Waals surface area contributed by atoms with Crippen molar-refractivity contribution in [3.63, 3.8) is 0 Å². The van der Waals surface area contributed by atoms with Crippen LogP contribution in [-0.4, -0.2) is 11.1 Å². The Morgan fingerprint density at radius 2 is 1.88 bits per heavy atom. The number of carbonyl (C=O) groups is 1. The number of rotatable bonds is 4. The number of benzene rings is 1. The van der Waals surface area contributed by atoms with Crippen LogP contribution >= 0.6 is 0 Å². The van der Waals surface area contributed by atoms with Crippen molar-refractivity contribution >= 4 is 5.97 Å². The highest BCUT2D eigenvalue weighted by Crippen LogP contribution is 2.27. The lowest BCUT2D eigenvalue weighted by atomic mass is 9.82. The van der Waals surface area contributed by atoms with E-state index in [4.69, 9.17) is 10.8 Å². The average Bonchev–Trinajstić information content (AvgIpc) is 2.28. The van der Waals surface area contributed by atoms with Crippen LogP contribution < -0.4 is 5.73 Å². The molecular weight excluding hydrogens is 202 g/mol. The monoisotopic (exact) mass is 221 g/mol. The molecule has 0 radical (unpaired) electrons. The summed E-state index contributed by atoms with van der Waals surface area (Å²) in [5, 5.41) is 8.79. The first-order valence-corrected chi connectivity index (χ1v) is 5.47. The zero-order chi connectivity index (χ0) is 12.3. The van der Waals surface area contributed by atoms with Crippen molar-refractivity contribution in [2.45, 2.75) is 38.6 Å². The van der Waals surface area contributed by atoms with E-state index in [0.717, 1.165) is 6.42 Å². The molecule has 3 N–H and O–H groups in total. The van der Waals surface area contributed by atoms with Gasteiger partial charge >= 0.3 is 5.97 Å². The summed E-state index contributed by atoms with van der Waals surface area (Å²) in [5.41, 5.74) is 7.49. The predicted octanol–water partition coefficient (Wildman–Crippen LogP) is 2.46. The molecule has 0 unspecified atom stereocenters. The van der Waals surface area contributed by atoms with Crippen LogP contribution in [0.15, 0.2) is 24.3 Å². The summed E-state index contributed by atoms with van der Waals surface area (Å²) in [6.45, 7) is 6.47. The van der Waals surface area contributed by atoms with Crippen molar-refractivity contribution in [2.75, 3.05) is 0 Å². The molecule has 0 saturated carbocycles. The van der Waals surface area contributed by atoms with Crippen molar-refractivity contribution in [3.8, 4) is 0 Å². The number of hydrogen-bond acceptors (Lipinski definition) is 2. The standard InChI is InChI=1S/C13H19NO2/c1-4-13(2,3)10-7-5-9(6-8-10)11(14)12(15)16/h5-8,11H,4,14H2,1-3H3,(H,15,16)/t11-/m0/s1. The lowest BCUT2D eigenvalue weighted by Gasteiger charge is -2.23. The van der Waals surface area contributed by atoms with Crippen LogP contribution in [0.5, 0.6) is 0 Å². The highest BCUT2D eigenvalue weighted by Gasteiger charge is 2.19. The van der Waals surface area contributed by atoms with E-state index in [-0.39, 0.29) is 5.41 Å². The Kier molecular flexibility index (Phi) is 3.70. The number of nitrogens with two attached hydrogens (primary N) is 1. The van der Waals surface area contributed by atoms with Gasteiger partial charge in [0.1, 0.15) is 6.04 Å². The number of hydrogen-bond donors (Lipinski definition) is 2. The van der Waals surface area contributed by atoms with Gasteiger partial charge in [-0.15, -0.1) is 0 Å². The molecule has 0 heterocycles. The van der Waals surface area contributed by atoms with Crippen LogP contribution in [0.4, 0.5) is 0 Å². The first-order valence-electron chi connectivity index (χ1n) is 5.47. The summed E-state index contributed by atoms with van der Waals surface area (Å²) in [6.07, 6.45) is 1.04. The van der Waals surface area contributed by atoms with E-state index in [1.165, 1.54) is 5.56 Å². The average molecular weight is 221 g/mol. The van der Waals surface area contributed by atoms with Crippen LogP contribution in [0.1, 0.15) is 44.4 Å². The van der Waals surface area contributed by atoms with Gasteiger partial charge < -0.3 is 10.8 Å². The second kappa shape index (κ2) is 4.66. The summed E-state index contributed by atoms with van der Waals surface area (Å²) in [5.74, 6) is -0.998. The molecule has 1 aromatic rings. The smallest absolute Gasteiger partial charge is 0.325 e. The Labute approximate surface area is 96.3 Å². The second-order valence-electron chi connectivity index (χ2n) is 4.68. The third kappa shape index (κ3) is 2.61. The van der Waals surface area contributed by atoms with Gasteiger partial charge in [-0.2, -0.15) is 0 Å². The fourth-order valence-corrected chi connectivity index (χ4v) is 1.49. The predicted molar refractivity (Wildman–Crippen MR) is 64.3 cm³/mol. The lowest BCUT2D eigenvalue weighted by molar-refractivity contribution is -0.138. The van der Waals surface area contributed by atoms with Gasteiger partial charge in [0.05, 0.1) is 0 Å². The van der Waals surface area contributed by atoms with Gasteiger partial charge in [-0.05, 0) is 23.0 Å². The molecule has 0 fully saturated rings. The largest absolute Gasteiger partial charge is 0.480 e. The molecule has 0 aromatic heterocycles. The first kappa shape index (κ1) is 12.7. The van der Waals surface area contributed by atoms with Crippen molar-refractivity contribution in [1.29, 1.82) is 0 Å². The van der Waals surface area contributed by atoms with E-state index < -0.39 is 12.0 Å². The van der Waals surface area contributed by atoms with E-state index in [1.54, 1.807) is 12.1 Å². The molecule has 0 spiro atoms. The minimum Gasteiger partial charge on any atom is -0.480 e. The van der Waals surface area contributed by atoms with Gasteiger partial charge in [0.15, 0.2) is 0 Å². The molecule has 3 heteroatoms. The second-order valence-corrected chi connectivity index (χ2v) is 4.68. The summed E-state index contributed by atoms with van der Waals surface area (Å²) >= 11 is 0. The third-order valence-corrected chi connectivity index (χ3v) is 3.20. The number of aliphatic carboxylic acids is 1. The SMILES string of the molecule is CCC(C)(C)c1ccc([C@H](N)C(=O)O)cc1. The van der Waals surface area contributed by atoms with Crippen molar-refractivity contribution in [2.24, 2.45) is 5.73 Å². The maximum absolute atomic E-state index is 10.7. The van der Waals surface area contributed by atoms with Gasteiger partial charge in [0.2, 0.25) is 0 Å². The summed E-state index contributed by atoms with van der Waals surface area (Å²) in [7, 11) is 0. The Bertz CT molecular complexity index is 368. The fraction of sp³-hybridized carbons (Fsp3) is 0.462. The van der Waals surface area contributed by atoms with Crippen molar-refractivity contribution in [3.05, 3.63) is 35.4 Å². The quantitative estimate of drug-likeness (QED) is 0.820. The van der Waals surface area contributed by atoms with Crippen LogP contribution in [0, 0.1) is 0 Å². The van der Waals surface area contributed by atoms with Crippen LogP contribution in [0.2, 0.25) is 0 Å². The highest BCUT2D eigenvalue weighted by molar-refractivity contribution is 5.75. The number of carboxylic acids is 1. The van der Waals surface area contributed by atoms with E-state index in [9.17, 15) is 4.79 Å². The van der Waals surface area contributed by atoms with Gasteiger partial charge in [-0.3, -0.25) is 4.79 Å². The zero-order valence-electron chi connectivity index (χ0n) is 10.0. The van der Waals surface area contributed by atoms with E-state index in [1.807, 2.05) is 12.1 Å². The molecule has 16 heavy (non-hydrogen) atoms. The molecule has 3 nitrogen and oxygen atoms in total. The normalized spacial score (nSPS) is 13.5. The molecule has 0 aliphatic heterocycles. The Morgan fingerprint density at radius 3 is 2.25 bits per heavy atom. The number of carboxylic acid groups (broad SMARTS) is 1. The summed E-state index contributed by atoms with van der Waals surface area (Å²) in [4.78, 5) is 10.7. The molecule has 0 aliphatic carbocycles. The van der Waals surface area contributed by atoms with Crippen LogP contribution in [0.25, 0.3) is 0 Å². The topological polar surface area (TPSA) is 63.3 Å². The molecule has 1 rings (SSSR count). The van der Waals surface area contributed by atoms with Gasteiger partial charge in [-0.1, -0.05) is 45.0 Å². The van der Waals surface area contributed by atoms with E-state index in [0.29, 0.717) is 5.56 Å². The summed E-state index contributed by atoms with van der Waals surface area (Å²) in [6, 6.07) is 6.58. The fourth-order valence-electron chi connectivity index (χ4n) is 1.49. The van der Waals surface area contributed by atoms with Crippen LogP contribution in [0.3, 0.4) is 0 Å². The molecular formula is C13H19NO2. The van der Waals surface area contributed by atoms with Gasteiger partial charge in [-0.25, -0.2) is 0 Å². The zero-order valence-corrected chi connectivity index (χ0v) is 10.0. The van der Waals surface area contributed by atoms with Crippen LogP contribution in [-0.2, 0) is 10.2 Å². The third-order valence-electron chi connectivity index (χ3n) is 3.20. The van der Waals surface area contributed by atoms with Crippen molar-refractivity contribution in [1.82, 2.24) is 0 Å². The minimum atomic E-state index is -0.998. The molecule has 0 saturated heterocycles. The molecule has 1 atom stereocenters. The van der Waals surface area contributed by atoms with Gasteiger partial charge in [0.25, 0.3) is 0 Å². The maximum Gasteiger partial charge on any atom is 0.325 e. The Balaban J connectivity index is 2.96. The van der Waals surface area contributed by atoms with E-state index in [2.05, 4.69) is 20.8 Å². The summed E-state index contributed by atoms with van der Waals surface area (Å²) < 4.78 is 0. The molecule has 0 amide bonds. The Hall–Kier alpha value is -1.35. The maximum atomic E-state index is 10.7. The molecule has 1 aromatic carbocycles.